The molecule has 0 spiro atoms. The van der Waals surface area contributed by atoms with E-state index in [-0.39, 0.29) is 11.6 Å². The Labute approximate surface area is 164 Å². The number of rotatable bonds is 6. The van der Waals surface area contributed by atoms with Gasteiger partial charge in [0.05, 0.1) is 4.92 Å². The lowest BCUT2D eigenvalue weighted by Crippen LogP contribution is -2.07. The fourth-order valence-corrected chi connectivity index (χ4v) is 2.75. The topological polar surface area (TPSA) is 109 Å². The van der Waals surface area contributed by atoms with Crippen LogP contribution in [0.15, 0.2) is 76.1 Å². The Balaban J connectivity index is 1.65. The molecule has 0 aliphatic rings. The highest BCUT2D eigenvalue weighted by Gasteiger charge is 2.09. The molecule has 1 aromatic heterocycles. The van der Waals surface area contributed by atoms with Crippen molar-refractivity contribution in [2.24, 2.45) is 0 Å². The Hall–Kier alpha value is -3.83. The fourth-order valence-electron chi connectivity index (χ4n) is 2.37. The number of nitrogens with zero attached hydrogens (tertiary/aromatic N) is 2. The van der Waals surface area contributed by atoms with E-state index in [9.17, 15) is 14.9 Å². The van der Waals surface area contributed by atoms with E-state index < -0.39 is 4.92 Å². The molecule has 3 rings (SSSR count). The van der Waals surface area contributed by atoms with Gasteiger partial charge in [-0.1, -0.05) is 12.1 Å². The maximum atomic E-state index is 12.0. The Morgan fingerprint density at radius 2 is 1.96 bits per heavy atom. The minimum absolute atomic E-state index is 0.0236. The van der Waals surface area contributed by atoms with Gasteiger partial charge in [0, 0.05) is 34.4 Å². The molecule has 8 heteroatoms. The Morgan fingerprint density at radius 3 is 2.68 bits per heavy atom. The van der Waals surface area contributed by atoms with Crippen molar-refractivity contribution in [2.75, 3.05) is 5.32 Å². The molecule has 0 fully saturated rings. The number of hydrogen-bond acceptors (Lipinski definition) is 6. The molecule has 1 amide bonds. The van der Waals surface area contributed by atoms with Crippen molar-refractivity contribution in [1.29, 1.82) is 5.26 Å². The third-order valence-corrected chi connectivity index (χ3v) is 4.25. The second kappa shape index (κ2) is 8.70. The maximum Gasteiger partial charge on any atom is 0.270 e. The summed E-state index contributed by atoms with van der Waals surface area (Å²) in [5, 5.41) is 24.2. The van der Waals surface area contributed by atoms with Gasteiger partial charge in [0.15, 0.2) is 0 Å². The first-order chi connectivity index (χ1) is 13.5. The van der Waals surface area contributed by atoms with Gasteiger partial charge in [0.1, 0.15) is 16.9 Å². The summed E-state index contributed by atoms with van der Waals surface area (Å²) in [5.74, 6) is 0.570. The molecule has 0 saturated carbocycles. The maximum absolute atomic E-state index is 12.0. The second-order valence-electron chi connectivity index (χ2n) is 5.55. The minimum atomic E-state index is -0.469. The molecule has 0 atom stereocenters. The van der Waals surface area contributed by atoms with Gasteiger partial charge in [-0.25, -0.2) is 0 Å². The van der Waals surface area contributed by atoms with Gasteiger partial charge in [-0.05, 0) is 54.2 Å². The van der Waals surface area contributed by atoms with E-state index in [1.807, 2.05) is 5.40 Å². The molecule has 0 bridgehead atoms. The monoisotopic (exact) mass is 391 g/mol. The molecule has 0 saturated heterocycles. The molecule has 0 aliphatic heterocycles. The normalized spacial score (nSPS) is 10.5. The van der Waals surface area contributed by atoms with Crippen molar-refractivity contribution in [3.8, 4) is 16.7 Å². The summed E-state index contributed by atoms with van der Waals surface area (Å²) in [7, 11) is 0. The zero-order valence-corrected chi connectivity index (χ0v) is 15.2. The summed E-state index contributed by atoms with van der Waals surface area (Å²) in [4.78, 5) is 23.2. The number of nitrogens with one attached hydrogen (secondary N) is 1. The average molecular weight is 391 g/mol. The number of thiocyanates is 1. The number of furan rings is 1. The van der Waals surface area contributed by atoms with Crippen LogP contribution >= 0.6 is 11.8 Å². The molecule has 7 nitrogen and oxygen atoms in total. The summed E-state index contributed by atoms with van der Waals surface area (Å²) in [5.41, 5.74) is 1.16. The number of non-ortho nitro benzene ring substituents is 1. The number of nitriles is 1. The van der Waals surface area contributed by atoms with Crippen LogP contribution < -0.4 is 5.32 Å². The minimum Gasteiger partial charge on any atom is -0.457 e. The Morgan fingerprint density at radius 1 is 1.18 bits per heavy atom. The van der Waals surface area contributed by atoms with Crippen LogP contribution in [0.1, 0.15) is 5.76 Å². The summed E-state index contributed by atoms with van der Waals surface area (Å²) >= 11 is 1.04. The van der Waals surface area contributed by atoms with Gasteiger partial charge < -0.3 is 9.73 Å². The second-order valence-corrected chi connectivity index (χ2v) is 6.41. The van der Waals surface area contributed by atoms with Gasteiger partial charge in [0.25, 0.3) is 5.69 Å². The number of carbonyl (C=O) groups excluding carboxylic acids is 1. The number of anilines is 1. The van der Waals surface area contributed by atoms with Gasteiger partial charge in [0.2, 0.25) is 5.91 Å². The van der Waals surface area contributed by atoms with Crippen LogP contribution in [-0.4, -0.2) is 10.8 Å². The molecule has 2 aromatic carbocycles. The number of carbonyl (C=O) groups is 1. The summed E-state index contributed by atoms with van der Waals surface area (Å²) in [6, 6.07) is 16.4. The highest BCUT2D eigenvalue weighted by molar-refractivity contribution is 8.03. The highest BCUT2D eigenvalue weighted by atomic mass is 32.2. The quantitative estimate of drug-likeness (QED) is 0.206. The van der Waals surface area contributed by atoms with Crippen molar-refractivity contribution in [1.82, 2.24) is 0 Å². The predicted molar refractivity (Wildman–Crippen MR) is 106 cm³/mol. The fraction of sp³-hybridized carbons (Fsp3) is 0. The SMILES string of the molecule is N#CSc1ccc(NC(=O)C=Cc2ccc(-c3cccc([N+](=O)[O-])c3)o2)cc1. The summed E-state index contributed by atoms with van der Waals surface area (Å²) in [6.07, 6.45) is 2.84. The number of thioether (sulfide) groups is 1. The molecule has 0 radical (unpaired) electrons. The standard InChI is InChI=1S/C20H13N3O4S/c21-13-28-18-8-4-15(5-9-18)22-20(24)11-7-17-6-10-19(27-17)14-2-1-3-16(12-14)23(25)26/h1-12H,(H,22,24). The van der Waals surface area contributed by atoms with E-state index in [1.165, 1.54) is 24.3 Å². The Kier molecular flexibility index (Phi) is 5.89. The van der Waals surface area contributed by atoms with E-state index in [2.05, 4.69) is 5.32 Å². The number of nitro benzene ring substituents is 1. The van der Waals surface area contributed by atoms with Gasteiger partial charge >= 0.3 is 0 Å². The van der Waals surface area contributed by atoms with Crippen molar-refractivity contribution in [3.05, 3.63) is 82.6 Å². The van der Waals surface area contributed by atoms with Gasteiger partial charge in [-0.15, -0.1) is 0 Å². The molecular weight excluding hydrogens is 378 g/mol. The first kappa shape index (κ1) is 18.9. The molecule has 0 unspecified atom stereocenters. The Bertz CT molecular complexity index is 1080. The third-order valence-electron chi connectivity index (χ3n) is 3.65. The molecule has 28 heavy (non-hydrogen) atoms. The van der Waals surface area contributed by atoms with Crippen molar-refractivity contribution < 1.29 is 14.1 Å². The first-order valence-corrected chi connectivity index (χ1v) is 8.86. The van der Waals surface area contributed by atoms with Crippen LogP contribution in [0.25, 0.3) is 17.4 Å². The number of nitro groups is 1. The highest BCUT2D eigenvalue weighted by Crippen LogP contribution is 2.26. The van der Waals surface area contributed by atoms with Crippen LogP contribution in [0.4, 0.5) is 11.4 Å². The lowest BCUT2D eigenvalue weighted by atomic mass is 10.1. The summed E-state index contributed by atoms with van der Waals surface area (Å²) in [6.45, 7) is 0. The molecule has 1 N–H and O–H groups in total. The van der Waals surface area contributed by atoms with Gasteiger partial charge in [-0.3, -0.25) is 14.9 Å². The van der Waals surface area contributed by atoms with Crippen molar-refractivity contribution in [2.45, 2.75) is 4.90 Å². The number of hydrogen-bond donors (Lipinski definition) is 1. The zero-order chi connectivity index (χ0) is 19.9. The van der Waals surface area contributed by atoms with E-state index in [0.29, 0.717) is 22.8 Å². The van der Waals surface area contributed by atoms with Crippen LogP contribution in [-0.2, 0) is 4.79 Å². The van der Waals surface area contributed by atoms with E-state index in [1.54, 1.807) is 48.5 Å². The molecule has 3 aromatic rings. The smallest absolute Gasteiger partial charge is 0.270 e. The predicted octanol–water partition coefficient (Wildman–Crippen LogP) is 5.08. The molecular formula is C20H13N3O4S. The molecule has 138 valence electrons. The lowest BCUT2D eigenvalue weighted by molar-refractivity contribution is -0.384. The largest absolute Gasteiger partial charge is 0.457 e. The lowest BCUT2D eigenvalue weighted by Gasteiger charge is -2.02. The average Bonchev–Trinajstić information content (AvgIpc) is 3.17. The third kappa shape index (κ3) is 4.87. The van der Waals surface area contributed by atoms with E-state index >= 15 is 0 Å². The van der Waals surface area contributed by atoms with Crippen LogP contribution in [0.3, 0.4) is 0 Å². The van der Waals surface area contributed by atoms with Crippen molar-refractivity contribution in [3.63, 3.8) is 0 Å². The number of amides is 1. The van der Waals surface area contributed by atoms with E-state index in [4.69, 9.17) is 9.68 Å². The zero-order valence-electron chi connectivity index (χ0n) is 14.4. The summed E-state index contributed by atoms with van der Waals surface area (Å²) < 4.78 is 5.62. The van der Waals surface area contributed by atoms with Gasteiger partial charge in [-0.2, -0.15) is 5.26 Å². The van der Waals surface area contributed by atoms with Crippen LogP contribution in [0, 0.1) is 20.8 Å². The molecule has 0 aliphatic carbocycles. The first-order valence-electron chi connectivity index (χ1n) is 8.05. The van der Waals surface area contributed by atoms with Crippen LogP contribution in [0.2, 0.25) is 0 Å². The molecule has 1 heterocycles. The van der Waals surface area contributed by atoms with Crippen molar-refractivity contribution >= 4 is 35.1 Å². The number of benzene rings is 2. The van der Waals surface area contributed by atoms with E-state index in [0.717, 1.165) is 16.7 Å². The van der Waals surface area contributed by atoms with Crippen LogP contribution in [0.5, 0.6) is 0 Å².